The number of hydrogen-bond acceptors (Lipinski definition) is 4. The molecule has 0 saturated heterocycles. The summed E-state index contributed by atoms with van der Waals surface area (Å²) in [5.74, 6) is 0.628. The van der Waals surface area contributed by atoms with Crippen LogP contribution in [0, 0.1) is 0 Å². The van der Waals surface area contributed by atoms with Crippen LogP contribution in [0.4, 0.5) is 8.78 Å². The molecule has 8 heteroatoms. The summed E-state index contributed by atoms with van der Waals surface area (Å²) in [6.45, 7) is 0.667. The normalized spacial score (nSPS) is 16.7. The van der Waals surface area contributed by atoms with Crippen LogP contribution < -0.4 is 4.74 Å². The molecule has 0 amide bonds. The Labute approximate surface area is 134 Å². The highest BCUT2D eigenvalue weighted by atomic mass is 32.2. The van der Waals surface area contributed by atoms with Crippen molar-refractivity contribution in [3.05, 3.63) is 29.3 Å². The predicted octanol–water partition coefficient (Wildman–Crippen LogP) is 2.83. The average molecular weight is 350 g/mol. The molecule has 1 aromatic rings. The first-order valence-electron chi connectivity index (χ1n) is 7.43. The number of ether oxygens (including phenoxy) is 2. The highest BCUT2D eigenvalue weighted by molar-refractivity contribution is 7.86. The van der Waals surface area contributed by atoms with Crippen LogP contribution in [0.5, 0.6) is 5.75 Å². The van der Waals surface area contributed by atoms with Crippen molar-refractivity contribution in [1.82, 2.24) is 0 Å². The van der Waals surface area contributed by atoms with E-state index in [4.69, 9.17) is 14.0 Å². The van der Waals surface area contributed by atoms with E-state index in [1.165, 1.54) is 17.5 Å². The first kappa shape index (κ1) is 18.1. The highest BCUT2D eigenvalue weighted by Gasteiger charge is 2.50. The average Bonchev–Trinajstić information content (AvgIpc) is 2.50. The van der Waals surface area contributed by atoms with E-state index in [0.717, 1.165) is 26.2 Å². The zero-order chi connectivity index (χ0) is 17.1. The van der Waals surface area contributed by atoms with Gasteiger partial charge in [0.1, 0.15) is 18.5 Å². The maximum absolute atomic E-state index is 13.3. The van der Waals surface area contributed by atoms with Gasteiger partial charge < -0.3 is 9.47 Å². The summed E-state index contributed by atoms with van der Waals surface area (Å²) < 4.78 is 66.3. The molecule has 130 valence electrons. The lowest BCUT2D eigenvalue weighted by Gasteiger charge is -2.21. The Morgan fingerprint density at radius 2 is 1.87 bits per heavy atom. The monoisotopic (exact) mass is 350 g/mol. The van der Waals surface area contributed by atoms with Crippen LogP contribution in [0.1, 0.15) is 30.9 Å². The van der Waals surface area contributed by atoms with E-state index >= 15 is 0 Å². The highest BCUT2D eigenvalue weighted by Crippen LogP contribution is 2.27. The van der Waals surface area contributed by atoms with Gasteiger partial charge in [-0.2, -0.15) is 17.2 Å². The van der Waals surface area contributed by atoms with Crippen molar-refractivity contribution >= 4 is 10.1 Å². The van der Waals surface area contributed by atoms with Gasteiger partial charge in [-0.1, -0.05) is 6.07 Å². The molecule has 0 saturated carbocycles. The van der Waals surface area contributed by atoms with Gasteiger partial charge in [0.05, 0.1) is 6.61 Å². The molecule has 0 bridgehead atoms. The van der Waals surface area contributed by atoms with Gasteiger partial charge in [-0.25, -0.2) is 0 Å². The van der Waals surface area contributed by atoms with Crippen molar-refractivity contribution in [3.8, 4) is 5.75 Å². The lowest BCUT2D eigenvalue weighted by atomic mass is 9.92. The summed E-state index contributed by atoms with van der Waals surface area (Å²) >= 11 is 0. The van der Waals surface area contributed by atoms with Crippen LogP contribution in [0.15, 0.2) is 18.2 Å². The van der Waals surface area contributed by atoms with Crippen molar-refractivity contribution in [1.29, 1.82) is 0 Å². The molecule has 0 radical (unpaired) electrons. The Hall–Kier alpha value is -1.25. The number of aryl methyl sites for hydroxylation is 2. The third-order valence-corrected chi connectivity index (χ3v) is 4.88. The lowest BCUT2D eigenvalue weighted by molar-refractivity contribution is -0.0826. The van der Waals surface area contributed by atoms with Crippen molar-refractivity contribution in [2.75, 3.05) is 13.2 Å². The maximum Gasteiger partial charge on any atom is 0.394 e. The zero-order valence-electron chi connectivity index (χ0n) is 12.8. The van der Waals surface area contributed by atoms with Crippen molar-refractivity contribution < 1.29 is 31.2 Å². The van der Waals surface area contributed by atoms with Crippen LogP contribution >= 0.6 is 0 Å². The third-order valence-electron chi connectivity index (χ3n) is 3.86. The van der Waals surface area contributed by atoms with Crippen molar-refractivity contribution in [3.63, 3.8) is 0 Å². The van der Waals surface area contributed by atoms with Gasteiger partial charge in [0.2, 0.25) is 0 Å². The smallest absolute Gasteiger partial charge is 0.394 e. The summed E-state index contributed by atoms with van der Waals surface area (Å²) in [6.07, 6.45) is 2.41. The second kappa shape index (κ2) is 7.11. The number of alkyl halides is 2. The summed E-state index contributed by atoms with van der Waals surface area (Å²) in [6, 6.07) is 5.75. The van der Waals surface area contributed by atoms with Gasteiger partial charge in [-0.3, -0.25) is 4.55 Å². The van der Waals surface area contributed by atoms with Gasteiger partial charge in [0.25, 0.3) is 0 Å². The zero-order valence-corrected chi connectivity index (χ0v) is 13.6. The molecule has 0 aromatic heterocycles. The Morgan fingerprint density at radius 3 is 2.52 bits per heavy atom. The van der Waals surface area contributed by atoms with E-state index in [2.05, 4.69) is 0 Å². The summed E-state index contributed by atoms with van der Waals surface area (Å²) in [7, 11) is -5.50. The minimum absolute atomic E-state index is 0.00465. The van der Waals surface area contributed by atoms with Gasteiger partial charge in [0.15, 0.2) is 0 Å². The second-order valence-corrected chi connectivity index (χ2v) is 7.03. The molecule has 0 heterocycles. The molecule has 0 spiro atoms. The number of rotatable bonds is 7. The molecule has 23 heavy (non-hydrogen) atoms. The van der Waals surface area contributed by atoms with Gasteiger partial charge in [-0.05, 0) is 55.9 Å². The summed E-state index contributed by atoms with van der Waals surface area (Å²) in [5, 5.41) is -4.35. The van der Waals surface area contributed by atoms with Crippen LogP contribution in [-0.2, 0) is 27.7 Å². The predicted molar refractivity (Wildman–Crippen MR) is 80.5 cm³/mol. The van der Waals surface area contributed by atoms with Crippen molar-refractivity contribution in [2.24, 2.45) is 0 Å². The first-order valence-corrected chi connectivity index (χ1v) is 8.87. The SMILES string of the molecule is CC(OCCOc1ccc2c(c1)CCCC2)C(F)(F)S(=O)(=O)O. The van der Waals surface area contributed by atoms with Crippen LogP contribution in [0.2, 0.25) is 0 Å². The molecule has 0 aliphatic heterocycles. The topological polar surface area (TPSA) is 72.8 Å². The second-order valence-electron chi connectivity index (χ2n) is 5.54. The minimum Gasteiger partial charge on any atom is -0.491 e. The van der Waals surface area contributed by atoms with Gasteiger partial charge in [-0.15, -0.1) is 0 Å². The molecule has 0 fully saturated rings. The van der Waals surface area contributed by atoms with Crippen LogP contribution in [0.3, 0.4) is 0 Å². The minimum atomic E-state index is -5.50. The van der Waals surface area contributed by atoms with Crippen molar-refractivity contribution in [2.45, 2.75) is 44.0 Å². The lowest BCUT2D eigenvalue weighted by Crippen LogP contribution is -2.41. The molecule has 2 rings (SSSR count). The number of halogens is 2. The van der Waals surface area contributed by atoms with Crippen LogP contribution in [0.25, 0.3) is 0 Å². The van der Waals surface area contributed by atoms with Gasteiger partial charge >= 0.3 is 15.4 Å². The van der Waals surface area contributed by atoms with E-state index in [1.807, 2.05) is 18.2 Å². The fraction of sp³-hybridized carbons (Fsp3) is 0.600. The Kier molecular flexibility index (Phi) is 5.59. The molecule has 1 aliphatic rings. The number of hydrogen-bond donors (Lipinski definition) is 1. The van der Waals surface area contributed by atoms with E-state index in [0.29, 0.717) is 5.75 Å². The Bertz CT molecular complexity index is 645. The van der Waals surface area contributed by atoms with Gasteiger partial charge in [0, 0.05) is 0 Å². The molecule has 1 aromatic carbocycles. The standard InChI is InChI=1S/C15H20F2O5S/c1-11(15(16,17)23(18,19)20)21-8-9-22-14-7-6-12-4-2-3-5-13(12)10-14/h6-7,10-11H,2-5,8-9H2,1H3,(H,18,19,20). The summed E-state index contributed by atoms with van der Waals surface area (Å²) in [4.78, 5) is 0. The molecular weight excluding hydrogens is 330 g/mol. The van der Waals surface area contributed by atoms with E-state index in [-0.39, 0.29) is 13.2 Å². The van der Waals surface area contributed by atoms with Crippen LogP contribution in [-0.4, -0.2) is 37.5 Å². The van der Waals surface area contributed by atoms with E-state index in [9.17, 15) is 17.2 Å². The Balaban J connectivity index is 1.82. The third kappa shape index (κ3) is 4.39. The van der Waals surface area contributed by atoms with E-state index in [1.54, 1.807) is 0 Å². The Morgan fingerprint density at radius 1 is 1.22 bits per heavy atom. The quantitative estimate of drug-likeness (QED) is 0.605. The first-order chi connectivity index (χ1) is 10.7. The molecule has 1 N–H and O–H groups in total. The number of benzene rings is 1. The molecule has 1 aliphatic carbocycles. The fourth-order valence-electron chi connectivity index (χ4n) is 2.49. The largest absolute Gasteiger partial charge is 0.491 e. The maximum atomic E-state index is 13.3. The molecule has 1 atom stereocenters. The molecular formula is C15H20F2O5S. The fourth-order valence-corrected chi connectivity index (χ4v) is 2.98. The summed E-state index contributed by atoms with van der Waals surface area (Å²) in [5.41, 5.74) is 2.54. The van der Waals surface area contributed by atoms with E-state index < -0.39 is 21.5 Å². The molecule has 1 unspecified atom stereocenters. The molecule has 5 nitrogen and oxygen atoms in total. The number of fused-ring (bicyclic) bond motifs is 1.